The minimum Gasteiger partial charge on any atom is -0.491 e. The number of rotatable bonds is 7. The fourth-order valence-electron chi connectivity index (χ4n) is 3.76. The molecule has 1 aromatic heterocycles. The molecule has 0 aliphatic carbocycles. The average Bonchev–Trinajstić information content (AvgIpc) is 3.20. The van der Waals surface area contributed by atoms with Crippen molar-refractivity contribution >= 4 is 34.8 Å². The molecule has 0 saturated carbocycles. The van der Waals surface area contributed by atoms with E-state index in [-0.39, 0.29) is 30.4 Å². The number of nitrogens with zero attached hydrogens (tertiary/aromatic N) is 2. The highest BCUT2D eigenvalue weighted by atomic mass is 35.5. The zero-order valence-corrected chi connectivity index (χ0v) is 19.6. The third-order valence-corrected chi connectivity index (χ3v) is 6.92. The molecule has 2 aromatic rings. The van der Waals surface area contributed by atoms with Gasteiger partial charge in [-0.2, -0.15) is 0 Å². The standard InChI is InChI=1S/C23H29ClN2O3S/c1-5-22(27)26(15(2)3)13-23(28)25-10-8-21-18(9-11-30-21)20(25)14-29-17-6-7-19(24)16(4)12-17/h6-7,9,11-12,15,20H,5,8,10,13-14H2,1-4H3/t20-/m1/s1. The van der Waals surface area contributed by atoms with Gasteiger partial charge >= 0.3 is 0 Å². The molecule has 0 bridgehead atoms. The molecule has 0 N–H and O–H groups in total. The Hall–Kier alpha value is -2.05. The van der Waals surface area contributed by atoms with Crippen LogP contribution in [0.25, 0.3) is 0 Å². The van der Waals surface area contributed by atoms with Crippen molar-refractivity contribution in [2.45, 2.75) is 52.6 Å². The second-order valence-electron chi connectivity index (χ2n) is 7.84. The number of carbonyl (C=O) groups excluding carboxylic acids is 2. The average molecular weight is 449 g/mol. The van der Waals surface area contributed by atoms with Crippen LogP contribution in [0.3, 0.4) is 0 Å². The van der Waals surface area contributed by atoms with E-state index in [4.69, 9.17) is 16.3 Å². The van der Waals surface area contributed by atoms with Gasteiger partial charge in [0.25, 0.3) is 0 Å². The van der Waals surface area contributed by atoms with E-state index in [9.17, 15) is 9.59 Å². The molecule has 2 amide bonds. The number of hydrogen-bond donors (Lipinski definition) is 0. The summed E-state index contributed by atoms with van der Waals surface area (Å²) in [5, 5.41) is 2.77. The SMILES string of the molecule is CCC(=O)N(CC(=O)N1CCc2sccc2[C@H]1COc1ccc(Cl)c(C)c1)C(C)C. The Bertz CT molecular complexity index is 912. The topological polar surface area (TPSA) is 49.9 Å². The number of ether oxygens (including phenoxy) is 1. The van der Waals surface area contributed by atoms with E-state index in [0.717, 1.165) is 23.3 Å². The Morgan fingerprint density at radius 3 is 2.77 bits per heavy atom. The lowest BCUT2D eigenvalue weighted by molar-refractivity contribution is -0.144. The Labute approximate surface area is 187 Å². The summed E-state index contributed by atoms with van der Waals surface area (Å²) in [6, 6.07) is 7.47. The summed E-state index contributed by atoms with van der Waals surface area (Å²) >= 11 is 7.84. The molecule has 0 saturated heterocycles. The molecule has 3 rings (SSSR count). The van der Waals surface area contributed by atoms with Crippen LogP contribution < -0.4 is 4.74 Å². The fourth-order valence-corrected chi connectivity index (χ4v) is 4.80. The maximum absolute atomic E-state index is 13.2. The van der Waals surface area contributed by atoms with Crippen molar-refractivity contribution in [3.05, 3.63) is 50.7 Å². The number of amides is 2. The van der Waals surface area contributed by atoms with E-state index in [1.807, 2.05) is 50.8 Å². The molecule has 162 valence electrons. The highest BCUT2D eigenvalue weighted by Gasteiger charge is 2.33. The molecular weight excluding hydrogens is 420 g/mol. The number of benzene rings is 1. The van der Waals surface area contributed by atoms with Gasteiger partial charge < -0.3 is 14.5 Å². The first-order valence-corrected chi connectivity index (χ1v) is 11.6. The molecular formula is C23H29ClN2O3S. The van der Waals surface area contributed by atoms with Crippen LogP contribution in [-0.2, 0) is 16.0 Å². The van der Waals surface area contributed by atoms with Crippen molar-refractivity contribution in [1.82, 2.24) is 9.80 Å². The molecule has 0 radical (unpaired) electrons. The number of carbonyl (C=O) groups is 2. The quantitative estimate of drug-likeness (QED) is 0.607. The van der Waals surface area contributed by atoms with Crippen LogP contribution >= 0.6 is 22.9 Å². The molecule has 7 heteroatoms. The summed E-state index contributed by atoms with van der Waals surface area (Å²) in [5.74, 6) is 0.691. The predicted octanol–water partition coefficient (Wildman–Crippen LogP) is 4.86. The second-order valence-corrected chi connectivity index (χ2v) is 9.25. The third kappa shape index (κ3) is 4.98. The Kier molecular flexibility index (Phi) is 7.42. The van der Waals surface area contributed by atoms with Gasteiger partial charge in [-0.3, -0.25) is 9.59 Å². The minimum absolute atomic E-state index is 0.00368. The molecule has 1 aromatic carbocycles. The predicted molar refractivity (Wildman–Crippen MR) is 121 cm³/mol. The van der Waals surface area contributed by atoms with Crippen LogP contribution in [0.15, 0.2) is 29.6 Å². The first-order valence-electron chi connectivity index (χ1n) is 10.4. The highest BCUT2D eigenvalue weighted by molar-refractivity contribution is 7.10. The maximum Gasteiger partial charge on any atom is 0.242 e. The van der Waals surface area contributed by atoms with Crippen LogP contribution in [0.5, 0.6) is 5.75 Å². The third-order valence-electron chi connectivity index (χ3n) is 5.50. The molecule has 30 heavy (non-hydrogen) atoms. The smallest absolute Gasteiger partial charge is 0.242 e. The monoisotopic (exact) mass is 448 g/mol. The molecule has 2 heterocycles. The van der Waals surface area contributed by atoms with Crippen LogP contribution in [0.2, 0.25) is 5.02 Å². The van der Waals surface area contributed by atoms with Gasteiger partial charge in [0.2, 0.25) is 11.8 Å². The van der Waals surface area contributed by atoms with Crippen LogP contribution in [0.4, 0.5) is 0 Å². The second kappa shape index (κ2) is 9.84. The molecule has 1 aliphatic heterocycles. The summed E-state index contributed by atoms with van der Waals surface area (Å²) < 4.78 is 6.08. The lowest BCUT2D eigenvalue weighted by Crippen LogP contribution is -2.49. The van der Waals surface area contributed by atoms with Gasteiger partial charge in [-0.1, -0.05) is 18.5 Å². The minimum atomic E-state index is -0.172. The van der Waals surface area contributed by atoms with Gasteiger partial charge in [0.1, 0.15) is 12.4 Å². The molecule has 1 atom stereocenters. The Balaban J connectivity index is 1.79. The van der Waals surface area contributed by atoms with Crippen molar-refractivity contribution in [2.75, 3.05) is 19.7 Å². The lowest BCUT2D eigenvalue weighted by Gasteiger charge is -2.37. The first kappa shape index (κ1) is 22.6. The molecule has 5 nitrogen and oxygen atoms in total. The van der Waals surface area contributed by atoms with Crippen molar-refractivity contribution in [2.24, 2.45) is 0 Å². The van der Waals surface area contributed by atoms with E-state index >= 15 is 0 Å². The number of thiophene rings is 1. The zero-order chi connectivity index (χ0) is 21.8. The summed E-state index contributed by atoms with van der Waals surface area (Å²) in [5.41, 5.74) is 2.09. The van der Waals surface area contributed by atoms with Crippen LogP contribution in [-0.4, -0.2) is 47.4 Å². The fraction of sp³-hybridized carbons (Fsp3) is 0.478. The van der Waals surface area contributed by atoms with E-state index in [2.05, 4.69) is 11.4 Å². The largest absolute Gasteiger partial charge is 0.491 e. The lowest BCUT2D eigenvalue weighted by atomic mass is 10.00. The number of aryl methyl sites for hydroxylation is 1. The summed E-state index contributed by atoms with van der Waals surface area (Å²) in [4.78, 5) is 30.4. The highest BCUT2D eigenvalue weighted by Crippen LogP contribution is 2.34. The molecule has 0 fully saturated rings. The van der Waals surface area contributed by atoms with Gasteiger partial charge in [-0.25, -0.2) is 0 Å². The number of fused-ring (bicyclic) bond motifs is 1. The molecule has 0 spiro atoms. The van der Waals surface area contributed by atoms with Crippen molar-refractivity contribution in [1.29, 1.82) is 0 Å². The van der Waals surface area contributed by atoms with Gasteiger partial charge in [-0.05, 0) is 68.0 Å². The number of hydrogen-bond acceptors (Lipinski definition) is 4. The van der Waals surface area contributed by atoms with Gasteiger partial charge in [0, 0.05) is 28.9 Å². The van der Waals surface area contributed by atoms with E-state index in [1.165, 1.54) is 4.88 Å². The van der Waals surface area contributed by atoms with E-state index in [1.54, 1.807) is 16.2 Å². The Morgan fingerprint density at radius 1 is 1.33 bits per heavy atom. The Morgan fingerprint density at radius 2 is 2.10 bits per heavy atom. The van der Waals surface area contributed by atoms with E-state index in [0.29, 0.717) is 24.6 Å². The van der Waals surface area contributed by atoms with Crippen molar-refractivity contribution in [3.63, 3.8) is 0 Å². The zero-order valence-electron chi connectivity index (χ0n) is 18.0. The van der Waals surface area contributed by atoms with Gasteiger partial charge in [-0.15, -0.1) is 11.3 Å². The van der Waals surface area contributed by atoms with Gasteiger partial charge in [0.05, 0.1) is 12.6 Å². The number of halogens is 1. The van der Waals surface area contributed by atoms with Crippen LogP contribution in [0, 0.1) is 6.92 Å². The summed E-state index contributed by atoms with van der Waals surface area (Å²) in [7, 11) is 0. The summed E-state index contributed by atoms with van der Waals surface area (Å²) in [6.07, 6.45) is 1.22. The molecule has 0 unspecified atom stereocenters. The van der Waals surface area contributed by atoms with Gasteiger partial charge in [0.15, 0.2) is 0 Å². The van der Waals surface area contributed by atoms with E-state index < -0.39 is 0 Å². The van der Waals surface area contributed by atoms with Crippen molar-refractivity contribution < 1.29 is 14.3 Å². The molecule has 1 aliphatic rings. The maximum atomic E-state index is 13.2. The summed E-state index contributed by atoms with van der Waals surface area (Å²) in [6.45, 7) is 8.74. The van der Waals surface area contributed by atoms with Crippen molar-refractivity contribution in [3.8, 4) is 5.75 Å². The normalized spacial score (nSPS) is 15.8. The van der Waals surface area contributed by atoms with Crippen LogP contribution in [0.1, 0.15) is 49.2 Å². The first-order chi connectivity index (χ1) is 14.3.